The lowest BCUT2D eigenvalue weighted by Crippen LogP contribution is -2.11. The molecule has 0 spiro atoms. The minimum atomic E-state index is -0.279. The highest BCUT2D eigenvalue weighted by molar-refractivity contribution is 7.21. The summed E-state index contributed by atoms with van der Waals surface area (Å²) in [5.41, 5.74) is 10.3. The molecule has 4 aromatic rings. The Morgan fingerprint density at radius 3 is 2.79 bits per heavy atom. The molecule has 8 heteroatoms. The Balaban J connectivity index is 1.63. The molecule has 4 rings (SSSR count). The lowest BCUT2D eigenvalue weighted by molar-refractivity contribution is 0.103. The molecule has 3 heterocycles. The lowest BCUT2D eigenvalue weighted by Gasteiger charge is -2.05. The molecular weight excluding hydrogens is 392 g/mol. The fraction of sp³-hybridized carbons (Fsp3) is 0.150. The van der Waals surface area contributed by atoms with Crippen LogP contribution in [0.5, 0.6) is 5.75 Å². The van der Waals surface area contributed by atoms with Gasteiger partial charge in [0.1, 0.15) is 15.5 Å². The lowest BCUT2D eigenvalue weighted by atomic mass is 10.1. The molecule has 1 aromatic carbocycles. The molecule has 0 saturated heterocycles. The van der Waals surface area contributed by atoms with Crippen LogP contribution in [0.25, 0.3) is 21.5 Å². The summed E-state index contributed by atoms with van der Waals surface area (Å²) in [6.07, 6.45) is 0. The fourth-order valence-corrected chi connectivity index (χ4v) is 4.92. The largest absolute Gasteiger partial charge is 0.496 e. The number of thiazole rings is 1. The highest BCUT2D eigenvalue weighted by Crippen LogP contribution is 2.36. The number of aryl methyl sites for hydroxylation is 2. The van der Waals surface area contributed by atoms with Crippen molar-refractivity contribution in [3.63, 3.8) is 0 Å². The molecule has 6 nitrogen and oxygen atoms in total. The molecule has 0 unspecified atom stereocenters. The number of carbonyl (C=O) groups excluding carboxylic acids is 1. The molecule has 142 valence electrons. The summed E-state index contributed by atoms with van der Waals surface area (Å²) in [6, 6.07) is 9.60. The van der Waals surface area contributed by atoms with Crippen LogP contribution in [0.2, 0.25) is 0 Å². The van der Waals surface area contributed by atoms with Crippen molar-refractivity contribution >= 4 is 49.6 Å². The van der Waals surface area contributed by atoms with Gasteiger partial charge < -0.3 is 10.5 Å². The van der Waals surface area contributed by atoms with Gasteiger partial charge in [-0.25, -0.2) is 9.97 Å². The van der Waals surface area contributed by atoms with E-state index in [9.17, 15) is 4.79 Å². The number of ether oxygens (including phenoxy) is 1. The molecule has 0 aliphatic heterocycles. The summed E-state index contributed by atoms with van der Waals surface area (Å²) in [5, 5.41) is 6.08. The molecule has 0 radical (unpaired) electrons. The smallest absolute Gasteiger partial charge is 0.269 e. The summed E-state index contributed by atoms with van der Waals surface area (Å²) >= 11 is 2.65. The van der Waals surface area contributed by atoms with Gasteiger partial charge in [0.15, 0.2) is 5.13 Å². The third kappa shape index (κ3) is 3.21. The van der Waals surface area contributed by atoms with Gasteiger partial charge in [0.05, 0.1) is 18.5 Å². The van der Waals surface area contributed by atoms with Crippen molar-refractivity contribution in [1.82, 2.24) is 9.97 Å². The number of nitrogen functional groups attached to an aromatic ring is 1. The maximum atomic E-state index is 12.8. The first-order valence-corrected chi connectivity index (χ1v) is 10.2. The molecule has 0 atom stereocenters. The second kappa shape index (κ2) is 7.21. The number of hydrogen-bond acceptors (Lipinski definition) is 7. The van der Waals surface area contributed by atoms with Crippen LogP contribution in [0, 0.1) is 13.8 Å². The molecule has 3 aromatic heterocycles. The van der Waals surface area contributed by atoms with Gasteiger partial charge in [0, 0.05) is 22.0 Å². The Morgan fingerprint density at radius 2 is 2.00 bits per heavy atom. The molecule has 0 aliphatic carbocycles. The molecule has 1 amide bonds. The number of fused-ring (bicyclic) bond motifs is 1. The zero-order valence-electron chi connectivity index (χ0n) is 15.6. The van der Waals surface area contributed by atoms with Crippen molar-refractivity contribution in [1.29, 1.82) is 0 Å². The van der Waals surface area contributed by atoms with Crippen molar-refractivity contribution in [2.45, 2.75) is 13.8 Å². The number of benzene rings is 1. The number of nitrogens with two attached hydrogens (primary N) is 1. The van der Waals surface area contributed by atoms with Crippen molar-refractivity contribution in [2.24, 2.45) is 0 Å². The van der Waals surface area contributed by atoms with E-state index in [0.717, 1.165) is 38.5 Å². The minimum absolute atomic E-state index is 0.279. The van der Waals surface area contributed by atoms with E-state index in [1.807, 2.05) is 49.6 Å². The van der Waals surface area contributed by atoms with Crippen LogP contribution < -0.4 is 15.8 Å². The van der Waals surface area contributed by atoms with Crippen LogP contribution in [-0.4, -0.2) is 23.0 Å². The number of carbonyl (C=O) groups is 1. The van der Waals surface area contributed by atoms with E-state index in [-0.39, 0.29) is 5.91 Å². The second-order valence-corrected chi connectivity index (χ2v) is 8.16. The van der Waals surface area contributed by atoms with E-state index in [2.05, 4.69) is 15.3 Å². The highest BCUT2D eigenvalue weighted by Gasteiger charge is 2.20. The maximum Gasteiger partial charge on any atom is 0.269 e. The van der Waals surface area contributed by atoms with E-state index >= 15 is 0 Å². The molecule has 0 fully saturated rings. The number of hydrogen-bond donors (Lipinski definition) is 2. The standard InChI is InChI=1S/C20H18N4O2S2/c1-10-8-11(2)22-19-15(10)16(21)17(28-19)18(25)24-20-23-13(9-27-20)12-6-4-5-7-14(12)26-3/h4-9H,21H2,1-3H3,(H,23,24,25). The first kappa shape index (κ1) is 18.4. The van der Waals surface area contributed by atoms with Crippen molar-refractivity contribution < 1.29 is 9.53 Å². The second-order valence-electron chi connectivity index (χ2n) is 6.30. The monoisotopic (exact) mass is 410 g/mol. The van der Waals surface area contributed by atoms with E-state index in [1.54, 1.807) is 7.11 Å². The number of rotatable bonds is 4. The van der Waals surface area contributed by atoms with Gasteiger partial charge in [-0.15, -0.1) is 22.7 Å². The van der Waals surface area contributed by atoms with Crippen LogP contribution in [0.15, 0.2) is 35.7 Å². The Morgan fingerprint density at radius 1 is 1.21 bits per heavy atom. The summed E-state index contributed by atoms with van der Waals surface area (Å²) in [6.45, 7) is 3.90. The molecule has 3 N–H and O–H groups in total. The Labute approximate surface area is 170 Å². The number of methoxy groups -OCH3 is 1. The van der Waals surface area contributed by atoms with E-state index < -0.39 is 0 Å². The predicted octanol–water partition coefficient (Wildman–Crippen LogP) is 4.88. The van der Waals surface area contributed by atoms with Gasteiger partial charge in [-0.2, -0.15) is 0 Å². The number of anilines is 2. The first-order valence-electron chi connectivity index (χ1n) is 8.54. The van der Waals surface area contributed by atoms with Crippen LogP contribution in [0.4, 0.5) is 10.8 Å². The SMILES string of the molecule is COc1ccccc1-c1csc(NC(=O)c2sc3nc(C)cc(C)c3c2N)n1. The maximum absolute atomic E-state index is 12.8. The van der Waals surface area contributed by atoms with Gasteiger partial charge in [0.2, 0.25) is 0 Å². The van der Waals surface area contributed by atoms with Gasteiger partial charge in [0.25, 0.3) is 5.91 Å². The zero-order valence-corrected chi connectivity index (χ0v) is 17.2. The summed E-state index contributed by atoms with van der Waals surface area (Å²) < 4.78 is 5.39. The van der Waals surface area contributed by atoms with Gasteiger partial charge in [-0.1, -0.05) is 12.1 Å². The van der Waals surface area contributed by atoms with Crippen molar-refractivity contribution in [3.05, 3.63) is 51.8 Å². The summed E-state index contributed by atoms with van der Waals surface area (Å²) in [5.74, 6) is 0.454. The average Bonchev–Trinajstić information content (AvgIpc) is 3.26. The topological polar surface area (TPSA) is 90.1 Å². The van der Waals surface area contributed by atoms with Crippen molar-refractivity contribution in [3.8, 4) is 17.0 Å². The first-order chi connectivity index (χ1) is 13.5. The van der Waals surface area contributed by atoms with E-state index in [0.29, 0.717) is 15.7 Å². The zero-order chi connectivity index (χ0) is 19.8. The number of para-hydroxylation sites is 1. The fourth-order valence-electron chi connectivity index (χ4n) is 3.10. The van der Waals surface area contributed by atoms with Gasteiger partial charge in [-0.3, -0.25) is 10.1 Å². The normalized spacial score (nSPS) is 11.0. The number of nitrogens with zero attached hydrogens (tertiary/aromatic N) is 2. The molecular formula is C20H18N4O2S2. The van der Waals surface area contributed by atoms with E-state index in [4.69, 9.17) is 10.5 Å². The number of pyridine rings is 1. The van der Waals surface area contributed by atoms with Crippen LogP contribution in [-0.2, 0) is 0 Å². The molecule has 28 heavy (non-hydrogen) atoms. The van der Waals surface area contributed by atoms with Crippen molar-refractivity contribution in [2.75, 3.05) is 18.2 Å². The summed E-state index contributed by atoms with van der Waals surface area (Å²) in [7, 11) is 1.62. The Bertz CT molecular complexity index is 1200. The number of thiophene rings is 1. The number of aromatic nitrogens is 2. The molecule has 0 bridgehead atoms. The van der Waals surface area contributed by atoms with E-state index in [1.165, 1.54) is 22.7 Å². The predicted molar refractivity (Wildman–Crippen MR) is 116 cm³/mol. The molecule has 0 aliphatic rings. The number of nitrogens with one attached hydrogen (secondary N) is 1. The average molecular weight is 411 g/mol. The molecule has 0 saturated carbocycles. The third-order valence-electron chi connectivity index (χ3n) is 4.34. The Kier molecular flexibility index (Phi) is 4.74. The third-order valence-corrected chi connectivity index (χ3v) is 6.19. The van der Waals surface area contributed by atoms with Crippen LogP contribution in [0.1, 0.15) is 20.9 Å². The quantitative estimate of drug-likeness (QED) is 0.500. The minimum Gasteiger partial charge on any atom is -0.496 e. The van der Waals surface area contributed by atoms with Crippen LogP contribution >= 0.6 is 22.7 Å². The van der Waals surface area contributed by atoms with Gasteiger partial charge in [-0.05, 0) is 37.6 Å². The highest BCUT2D eigenvalue weighted by atomic mass is 32.1. The van der Waals surface area contributed by atoms with Crippen LogP contribution in [0.3, 0.4) is 0 Å². The number of amides is 1. The summed E-state index contributed by atoms with van der Waals surface area (Å²) in [4.78, 5) is 23.1. The van der Waals surface area contributed by atoms with Gasteiger partial charge >= 0.3 is 0 Å². The Hall–Kier alpha value is -2.97.